The maximum absolute atomic E-state index is 12.2. The molecule has 0 aliphatic rings. The fourth-order valence-electron chi connectivity index (χ4n) is 2.26. The van der Waals surface area contributed by atoms with E-state index in [1.807, 2.05) is 6.92 Å². The van der Waals surface area contributed by atoms with Gasteiger partial charge in [-0.05, 0) is 48.9 Å². The molecule has 0 aliphatic carbocycles. The number of ether oxygens (including phenoxy) is 1. The van der Waals surface area contributed by atoms with Crippen LogP contribution in [0.3, 0.4) is 0 Å². The van der Waals surface area contributed by atoms with Crippen LogP contribution in [0.2, 0.25) is 5.02 Å². The Kier molecular flexibility index (Phi) is 6.88. The molecule has 0 radical (unpaired) electrons. The van der Waals surface area contributed by atoms with Gasteiger partial charge in [0.05, 0.1) is 18.6 Å². The molecule has 0 aliphatic heterocycles. The molecule has 26 heavy (non-hydrogen) atoms. The molecule has 2 rings (SSSR count). The van der Waals surface area contributed by atoms with E-state index in [9.17, 15) is 13.2 Å². The van der Waals surface area contributed by atoms with E-state index in [1.54, 1.807) is 48.5 Å². The van der Waals surface area contributed by atoms with Crippen molar-refractivity contribution in [2.75, 3.05) is 23.7 Å². The Balaban J connectivity index is 2.05. The van der Waals surface area contributed by atoms with E-state index >= 15 is 0 Å². The molecule has 140 valence electrons. The van der Waals surface area contributed by atoms with E-state index in [0.717, 1.165) is 16.1 Å². The smallest absolute Gasteiger partial charge is 0.241 e. The summed E-state index contributed by atoms with van der Waals surface area (Å²) in [5.74, 6) is 0.233. The third-order valence-corrected chi connectivity index (χ3v) is 4.92. The average Bonchev–Trinajstić information content (AvgIpc) is 2.59. The fourth-order valence-corrected chi connectivity index (χ4v) is 3.25. The first kappa shape index (κ1) is 20.1. The van der Waals surface area contributed by atoms with Gasteiger partial charge in [-0.15, -0.1) is 0 Å². The van der Waals surface area contributed by atoms with E-state index in [-0.39, 0.29) is 13.1 Å². The van der Waals surface area contributed by atoms with Crippen LogP contribution in [0.4, 0.5) is 5.69 Å². The van der Waals surface area contributed by atoms with Crippen LogP contribution in [0.1, 0.15) is 12.5 Å². The van der Waals surface area contributed by atoms with E-state index < -0.39 is 15.9 Å². The van der Waals surface area contributed by atoms with Gasteiger partial charge in [-0.2, -0.15) is 0 Å². The summed E-state index contributed by atoms with van der Waals surface area (Å²) < 4.78 is 30.6. The van der Waals surface area contributed by atoms with Gasteiger partial charge < -0.3 is 10.1 Å². The highest BCUT2D eigenvalue weighted by Crippen LogP contribution is 2.21. The summed E-state index contributed by atoms with van der Waals surface area (Å²) in [4.78, 5) is 12.2. The van der Waals surface area contributed by atoms with Crippen molar-refractivity contribution >= 4 is 33.2 Å². The number of anilines is 1. The summed E-state index contributed by atoms with van der Waals surface area (Å²) in [5, 5.41) is 3.32. The third-order valence-electron chi connectivity index (χ3n) is 3.53. The van der Waals surface area contributed by atoms with Crippen LogP contribution in [0.5, 0.6) is 5.75 Å². The lowest BCUT2D eigenvalue weighted by molar-refractivity contribution is -0.119. The Morgan fingerprint density at radius 2 is 1.73 bits per heavy atom. The minimum atomic E-state index is -3.61. The molecule has 1 N–H and O–H groups in total. The SMILES string of the molecule is CCOc1ccc(N(CC(=O)NCc2ccc(Cl)cc2)S(C)(=O)=O)cc1. The maximum Gasteiger partial charge on any atom is 0.241 e. The van der Waals surface area contributed by atoms with Gasteiger partial charge in [0.1, 0.15) is 12.3 Å². The van der Waals surface area contributed by atoms with Gasteiger partial charge in [0, 0.05) is 11.6 Å². The summed E-state index contributed by atoms with van der Waals surface area (Å²) in [7, 11) is -3.61. The van der Waals surface area contributed by atoms with Crippen LogP contribution in [-0.2, 0) is 21.4 Å². The monoisotopic (exact) mass is 396 g/mol. The first-order chi connectivity index (χ1) is 12.3. The normalized spacial score (nSPS) is 11.0. The Labute approximate surface area is 158 Å². The molecule has 0 unspecified atom stereocenters. The molecular weight excluding hydrogens is 376 g/mol. The predicted molar refractivity (Wildman–Crippen MR) is 103 cm³/mol. The molecule has 0 heterocycles. The first-order valence-electron chi connectivity index (χ1n) is 8.01. The van der Waals surface area contributed by atoms with Crippen molar-refractivity contribution in [3.8, 4) is 5.75 Å². The second-order valence-corrected chi connectivity index (χ2v) is 7.94. The number of hydrogen-bond acceptors (Lipinski definition) is 4. The highest BCUT2D eigenvalue weighted by molar-refractivity contribution is 7.92. The molecule has 6 nitrogen and oxygen atoms in total. The zero-order valence-corrected chi connectivity index (χ0v) is 16.2. The minimum absolute atomic E-state index is 0.289. The maximum atomic E-state index is 12.2. The molecule has 8 heteroatoms. The van der Waals surface area contributed by atoms with Gasteiger partial charge in [0.2, 0.25) is 15.9 Å². The summed E-state index contributed by atoms with van der Waals surface area (Å²) in [6.45, 7) is 2.36. The Morgan fingerprint density at radius 1 is 1.12 bits per heavy atom. The van der Waals surface area contributed by atoms with Crippen LogP contribution in [0, 0.1) is 0 Å². The van der Waals surface area contributed by atoms with Crippen LogP contribution in [0.25, 0.3) is 0 Å². The fraction of sp³-hybridized carbons (Fsp3) is 0.278. The predicted octanol–water partition coefficient (Wildman–Crippen LogP) is 2.82. The third kappa shape index (κ3) is 5.93. The number of amides is 1. The van der Waals surface area contributed by atoms with Crippen LogP contribution < -0.4 is 14.4 Å². The number of benzene rings is 2. The van der Waals surface area contributed by atoms with Gasteiger partial charge in [-0.1, -0.05) is 23.7 Å². The zero-order valence-electron chi connectivity index (χ0n) is 14.6. The Hall–Kier alpha value is -2.25. The minimum Gasteiger partial charge on any atom is -0.494 e. The van der Waals surface area contributed by atoms with Gasteiger partial charge in [-0.25, -0.2) is 8.42 Å². The van der Waals surface area contributed by atoms with E-state index in [0.29, 0.717) is 23.1 Å². The summed E-state index contributed by atoms with van der Waals surface area (Å²) in [6.07, 6.45) is 1.07. The van der Waals surface area contributed by atoms with Crippen molar-refractivity contribution in [2.45, 2.75) is 13.5 Å². The molecule has 2 aromatic carbocycles. The van der Waals surface area contributed by atoms with Crippen molar-refractivity contribution in [1.29, 1.82) is 0 Å². The second kappa shape index (κ2) is 8.91. The molecule has 0 saturated carbocycles. The molecule has 0 aromatic heterocycles. The highest BCUT2D eigenvalue weighted by atomic mass is 35.5. The lowest BCUT2D eigenvalue weighted by Gasteiger charge is -2.22. The molecule has 0 fully saturated rings. The largest absolute Gasteiger partial charge is 0.494 e. The van der Waals surface area contributed by atoms with E-state index in [2.05, 4.69) is 5.32 Å². The number of hydrogen-bond donors (Lipinski definition) is 1. The summed E-state index contributed by atoms with van der Waals surface area (Å²) in [6, 6.07) is 13.6. The average molecular weight is 397 g/mol. The van der Waals surface area contributed by atoms with E-state index in [1.165, 1.54) is 0 Å². The van der Waals surface area contributed by atoms with Crippen molar-refractivity contribution < 1.29 is 17.9 Å². The van der Waals surface area contributed by atoms with Crippen molar-refractivity contribution in [1.82, 2.24) is 5.32 Å². The van der Waals surface area contributed by atoms with Crippen LogP contribution >= 0.6 is 11.6 Å². The van der Waals surface area contributed by atoms with Gasteiger partial charge >= 0.3 is 0 Å². The molecule has 2 aromatic rings. The van der Waals surface area contributed by atoms with Gasteiger partial charge in [0.25, 0.3) is 0 Å². The topological polar surface area (TPSA) is 75.7 Å². The quantitative estimate of drug-likeness (QED) is 0.744. The zero-order chi connectivity index (χ0) is 19.2. The Morgan fingerprint density at radius 3 is 2.27 bits per heavy atom. The lowest BCUT2D eigenvalue weighted by Crippen LogP contribution is -2.40. The molecular formula is C18H21ClN2O4S. The second-order valence-electron chi connectivity index (χ2n) is 5.60. The molecule has 0 spiro atoms. The van der Waals surface area contributed by atoms with Gasteiger partial charge in [0.15, 0.2) is 0 Å². The standard InChI is InChI=1S/C18H21ClN2O4S/c1-3-25-17-10-8-16(9-11-17)21(26(2,23)24)13-18(22)20-12-14-4-6-15(19)7-5-14/h4-11H,3,12-13H2,1-2H3,(H,20,22). The van der Waals surface area contributed by atoms with Crippen LogP contribution in [-0.4, -0.2) is 33.7 Å². The van der Waals surface area contributed by atoms with Gasteiger partial charge in [-0.3, -0.25) is 9.10 Å². The number of nitrogens with one attached hydrogen (secondary N) is 1. The Bertz CT molecular complexity index is 836. The number of carbonyl (C=O) groups is 1. The number of rotatable bonds is 8. The van der Waals surface area contributed by atoms with E-state index in [4.69, 9.17) is 16.3 Å². The number of halogens is 1. The number of nitrogens with zero attached hydrogens (tertiary/aromatic N) is 1. The van der Waals surface area contributed by atoms with Crippen LogP contribution in [0.15, 0.2) is 48.5 Å². The first-order valence-corrected chi connectivity index (χ1v) is 10.2. The molecule has 0 bridgehead atoms. The lowest BCUT2D eigenvalue weighted by atomic mass is 10.2. The molecule has 0 saturated heterocycles. The number of carbonyl (C=O) groups excluding carboxylic acids is 1. The summed E-state index contributed by atoms with van der Waals surface area (Å²) >= 11 is 5.82. The van der Waals surface area contributed by atoms with Crippen molar-refractivity contribution in [3.63, 3.8) is 0 Å². The highest BCUT2D eigenvalue weighted by Gasteiger charge is 2.20. The van der Waals surface area contributed by atoms with Crippen molar-refractivity contribution in [2.24, 2.45) is 0 Å². The van der Waals surface area contributed by atoms with Crippen molar-refractivity contribution in [3.05, 3.63) is 59.1 Å². The molecule has 0 atom stereocenters. The molecule has 1 amide bonds. The number of sulfonamides is 1. The summed E-state index contributed by atoms with van der Waals surface area (Å²) in [5.41, 5.74) is 1.27.